The van der Waals surface area contributed by atoms with E-state index in [4.69, 9.17) is 11.6 Å². The van der Waals surface area contributed by atoms with Crippen LogP contribution in [0.15, 0.2) is 66.7 Å². The lowest BCUT2D eigenvalue weighted by atomic mass is 9.94. The topological polar surface area (TPSA) is 64.7 Å². The predicted molar refractivity (Wildman–Crippen MR) is 148 cm³/mol. The van der Waals surface area contributed by atoms with Gasteiger partial charge in [0.2, 0.25) is 0 Å². The molecule has 9 heteroatoms. The molecule has 0 radical (unpaired) electrons. The Morgan fingerprint density at radius 3 is 2.28 bits per heavy atom. The molecule has 1 aliphatic carbocycles. The van der Waals surface area contributed by atoms with Gasteiger partial charge in [-0.15, -0.1) is 0 Å². The highest BCUT2D eigenvalue weighted by Gasteiger charge is 2.21. The van der Waals surface area contributed by atoms with Crippen molar-refractivity contribution >= 4 is 59.1 Å². The third-order valence-electron chi connectivity index (χ3n) is 6.38. The van der Waals surface area contributed by atoms with Gasteiger partial charge in [0, 0.05) is 24.5 Å². The Labute approximate surface area is 221 Å². The van der Waals surface area contributed by atoms with Gasteiger partial charge in [0.05, 0.1) is 22.0 Å². The van der Waals surface area contributed by atoms with Crippen LogP contribution in [0.3, 0.4) is 0 Å². The van der Waals surface area contributed by atoms with E-state index in [1.807, 2.05) is 12.1 Å². The number of nitrogens with zero attached hydrogens (tertiary/aromatic N) is 2. The Morgan fingerprint density at radius 1 is 0.944 bits per heavy atom. The van der Waals surface area contributed by atoms with Crippen LogP contribution in [-0.2, 0) is 0 Å². The zero-order chi connectivity index (χ0) is 25.7. The van der Waals surface area contributed by atoms with Gasteiger partial charge < -0.3 is 15.5 Å². The lowest BCUT2D eigenvalue weighted by Gasteiger charge is -2.33. The van der Waals surface area contributed by atoms with E-state index in [2.05, 4.69) is 35.4 Å². The molecule has 0 spiro atoms. The van der Waals surface area contributed by atoms with Crippen LogP contribution in [0.2, 0.25) is 5.02 Å². The summed E-state index contributed by atoms with van der Waals surface area (Å²) in [6.07, 6.45) is 6.07. The Bertz CT molecular complexity index is 1230. The highest BCUT2D eigenvalue weighted by molar-refractivity contribution is 7.82. The number of anilines is 4. The van der Waals surface area contributed by atoms with E-state index in [-0.39, 0.29) is 5.56 Å². The molecule has 0 heterocycles. The van der Waals surface area contributed by atoms with Crippen molar-refractivity contribution in [1.82, 2.24) is 0 Å². The second kappa shape index (κ2) is 11.7. The lowest BCUT2D eigenvalue weighted by molar-refractivity contribution is 0.102. The number of halogens is 2. The first-order valence-corrected chi connectivity index (χ1v) is 12.6. The number of urea groups is 1. The average molecular weight is 527 g/mol. The summed E-state index contributed by atoms with van der Waals surface area (Å²) in [6.45, 7) is 0. The first-order chi connectivity index (χ1) is 17.3. The smallest absolute Gasteiger partial charge is 0.336 e. The van der Waals surface area contributed by atoms with Crippen molar-refractivity contribution in [2.45, 2.75) is 38.1 Å². The molecule has 1 fully saturated rings. The molecular weight excluding hydrogens is 499 g/mol. The largest absolute Gasteiger partial charge is 0.370 e. The monoisotopic (exact) mass is 526 g/mol. The summed E-state index contributed by atoms with van der Waals surface area (Å²) in [5.41, 5.74) is 2.39. The second-order valence-corrected chi connectivity index (χ2v) is 9.60. The fourth-order valence-corrected chi connectivity index (χ4v) is 4.86. The van der Waals surface area contributed by atoms with Crippen LogP contribution in [0.25, 0.3) is 0 Å². The van der Waals surface area contributed by atoms with Crippen LogP contribution in [0, 0.1) is 5.82 Å². The minimum absolute atomic E-state index is 0.0496. The predicted octanol–water partition coefficient (Wildman–Crippen LogP) is 7.38. The summed E-state index contributed by atoms with van der Waals surface area (Å²) < 4.78 is 15.0. The molecule has 3 aromatic carbocycles. The number of carbonyl (C=O) groups excluding carboxylic acids is 2. The zero-order valence-electron chi connectivity index (χ0n) is 19.9. The Balaban J connectivity index is 1.37. The normalized spacial score (nSPS) is 13.7. The average Bonchev–Trinajstić information content (AvgIpc) is 2.89. The highest BCUT2D eigenvalue weighted by Crippen LogP contribution is 2.33. The molecule has 2 N–H and O–H groups in total. The van der Waals surface area contributed by atoms with Gasteiger partial charge in [0.25, 0.3) is 5.91 Å². The molecule has 0 aromatic heterocycles. The van der Waals surface area contributed by atoms with E-state index in [1.54, 1.807) is 36.4 Å². The van der Waals surface area contributed by atoms with Crippen LogP contribution in [-0.4, -0.2) is 25.0 Å². The van der Waals surface area contributed by atoms with Crippen molar-refractivity contribution in [2.24, 2.45) is 0 Å². The molecule has 0 unspecified atom stereocenters. The van der Waals surface area contributed by atoms with E-state index in [1.165, 1.54) is 37.5 Å². The summed E-state index contributed by atoms with van der Waals surface area (Å²) in [5.74, 6) is -1.16. The van der Waals surface area contributed by atoms with Gasteiger partial charge >= 0.3 is 6.03 Å². The minimum atomic E-state index is -0.599. The third kappa shape index (κ3) is 6.12. The molecule has 4 rings (SSSR count). The molecule has 3 aromatic rings. The molecule has 0 bridgehead atoms. The standard InChI is InChI=1S/C27H28ClFN4O2S/c1-32(20-7-3-2-4-8-20)25-16-13-19(17-23(25)28)31-27(35)33(36)21-14-11-18(12-15-21)30-26(34)22-9-5-6-10-24(22)29/h5-6,9-17,20,36H,2-4,7-8H2,1H3,(H,30,34)(H,31,35). The number of benzene rings is 3. The zero-order valence-corrected chi connectivity index (χ0v) is 21.5. The van der Waals surface area contributed by atoms with Gasteiger partial charge in [-0.25, -0.2) is 13.5 Å². The number of rotatable bonds is 6. The molecular formula is C27H28ClFN4O2S. The second-order valence-electron chi connectivity index (χ2n) is 8.79. The SMILES string of the molecule is CN(c1ccc(NC(=O)N(S)c2ccc(NC(=O)c3ccccc3F)cc2)cc1Cl)C1CCCCC1. The fraction of sp³-hybridized carbons (Fsp3) is 0.259. The van der Waals surface area contributed by atoms with Gasteiger partial charge in [-0.2, -0.15) is 0 Å². The fourth-order valence-electron chi connectivity index (χ4n) is 4.36. The van der Waals surface area contributed by atoms with Crippen LogP contribution >= 0.6 is 24.4 Å². The summed E-state index contributed by atoms with van der Waals surface area (Å²) in [5, 5.41) is 6.01. The first-order valence-electron chi connectivity index (χ1n) is 11.8. The highest BCUT2D eigenvalue weighted by atomic mass is 35.5. The van der Waals surface area contributed by atoms with E-state index >= 15 is 0 Å². The molecule has 0 aliphatic heterocycles. The van der Waals surface area contributed by atoms with Gasteiger partial charge in [-0.1, -0.05) is 55.8 Å². The molecule has 188 valence electrons. The Morgan fingerprint density at radius 2 is 1.61 bits per heavy atom. The minimum Gasteiger partial charge on any atom is -0.370 e. The van der Waals surface area contributed by atoms with E-state index < -0.39 is 17.8 Å². The first kappa shape index (κ1) is 25.9. The van der Waals surface area contributed by atoms with E-state index in [9.17, 15) is 14.0 Å². The lowest BCUT2D eigenvalue weighted by Crippen LogP contribution is -2.33. The summed E-state index contributed by atoms with van der Waals surface area (Å²) in [4.78, 5) is 27.3. The van der Waals surface area contributed by atoms with Crippen molar-refractivity contribution in [3.8, 4) is 0 Å². The molecule has 6 nitrogen and oxygen atoms in total. The number of carbonyl (C=O) groups is 2. The Hall–Kier alpha value is -3.23. The number of hydrogen-bond donors (Lipinski definition) is 3. The van der Waals surface area contributed by atoms with Crippen LogP contribution in [0.4, 0.5) is 31.9 Å². The van der Waals surface area contributed by atoms with Crippen molar-refractivity contribution in [3.05, 3.63) is 83.1 Å². The maximum Gasteiger partial charge on any atom is 0.336 e. The van der Waals surface area contributed by atoms with Crippen molar-refractivity contribution < 1.29 is 14.0 Å². The maximum atomic E-state index is 13.8. The van der Waals surface area contributed by atoms with E-state index in [0.717, 1.165) is 22.8 Å². The summed E-state index contributed by atoms with van der Waals surface area (Å²) >= 11 is 10.9. The van der Waals surface area contributed by atoms with E-state index in [0.29, 0.717) is 28.1 Å². The van der Waals surface area contributed by atoms with Gasteiger partial charge in [-0.3, -0.25) is 4.79 Å². The summed E-state index contributed by atoms with van der Waals surface area (Å²) in [6, 6.07) is 17.7. The van der Waals surface area contributed by atoms with Crippen LogP contribution in [0.5, 0.6) is 0 Å². The van der Waals surface area contributed by atoms with Crippen molar-refractivity contribution in [1.29, 1.82) is 0 Å². The molecule has 1 aliphatic rings. The van der Waals surface area contributed by atoms with Crippen LogP contribution in [0.1, 0.15) is 42.5 Å². The molecule has 0 saturated heterocycles. The number of hydrogen-bond acceptors (Lipinski definition) is 4. The molecule has 0 atom stereocenters. The third-order valence-corrected chi connectivity index (χ3v) is 7.10. The van der Waals surface area contributed by atoms with Crippen LogP contribution < -0.4 is 19.8 Å². The van der Waals surface area contributed by atoms with Gasteiger partial charge in [-0.05, 0) is 67.4 Å². The van der Waals surface area contributed by atoms with Crippen molar-refractivity contribution in [3.63, 3.8) is 0 Å². The maximum absolute atomic E-state index is 13.8. The van der Waals surface area contributed by atoms with Crippen molar-refractivity contribution in [2.75, 3.05) is 26.9 Å². The molecule has 1 saturated carbocycles. The quantitative estimate of drug-likeness (QED) is 0.293. The number of thiol groups is 1. The summed E-state index contributed by atoms with van der Waals surface area (Å²) in [7, 11) is 2.06. The van der Waals surface area contributed by atoms with Gasteiger partial charge in [0.15, 0.2) is 0 Å². The number of nitrogens with one attached hydrogen (secondary N) is 2. The Kier molecular flexibility index (Phi) is 8.38. The molecule has 3 amide bonds. The molecule has 36 heavy (non-hydrogen) atoms. The number of amides is 3. The van der Waals surface area contributed by atoms with Gasteiger partial charge in [0.1, 0.15) is 5.82 Å².